The molecule has 0 radical (unpaired) electrons. The number of rotatable bonds is 6. The molecule has 1 unspecified atom stereocenters. The third kappa shape index (κ3) is 4.39. The lowest BCUT2D eigenvalue weighted by atomic mass is 9.83. The van der Waals surface area contributed by atoms with E-state index in [-0.39, 0.29) is 21.9 Å². The van der Waals surface area contributed by atoms with Gasteiger partial charge in [0.15, 0.2) is 0 Å². The predicted octanol–water partition coefficient (Wildman–Crippen LogP) is 5.63. The lowest BCUT2D eigenvalue weighted by Gasteiger charge is -2.36. The van der Waals surface area contributed by atoms with Gasteiger partial charge in [0.25, 0.3) is 5.69 Å². The summed E-state index contributed by atoms with van der Waals surface area (Å²) in [7, 11) is -3.77. The van der Waals surface area contributed by atoms with Gasteiger partial charge in [-0.25, -0.2) is 8.42 Å². The van der Waals surface area contributed by atoms with Gasteiger partial charge in [-0.3, -0.25) is 10.1 Å². The van der Waals surface area contributed by atoms with Crippen LogP contribution in [0.3, 0.4) is 0 Å². The van der Waals surface area contributed by atoms with Gasteiger partial charge in [-0.1, -0.05) is 58.9 Å². The first kappa shape index (κ1) is 23.4. The molecule has 0 N–H and O–H groups in total. The number of nitrogens with zero attached hydrogens (tertiary/aromatic N) is 2. The Bertz CT molecular complexity index is 1030. The highest BCUT2D eigenvalue weighted by atomic mass is 32.2. The van der Waals surface area contributed by atoms with Crippen molar-refractivity contribution in [2.24, 2.45) is 0 Å². The van der Waals surface area contributed by atoms with Crippen LogP contribution < -0.4 is 0 Å². The second-order valence-electron chi connectivity index (χ2n) is 9.49. The van der Waals surface area contributed by atoms with Crippen molar-refractivity contribution in [3.8, 4) is 0 Å². The third-order valence-electron chi connectivity index (χ3n) is 6.74. The summed E-state index contributed by atoms with van der Waals surface area (Å²) in [5.74, 6) is 0.113. The van der Waals surface area contributed by atoms with Crippen LogP contribution in [0, 0.1) is 10.1 Å². The summed E-state index contributed by atoms with van der Waals surface area (Å²) in [5, 5.41) is 10.9. The van der Waals surface area contributed by atoms with Crippen LogP contribution in [-0.4, -0.2) is 29.7 Å². The zero-order valence-corrected chi connectivity index (χ0v) is 19.8. The standard InChI is InChI=1S/C24H32N2O4S/c1-6-24(7-2)16-19(18-8-10-20(11-9-18)23(3,4)5)17-25(24)31(29,30)22-14-12-21(13-15-22)26(27)28/h8-15,19H,6-7,16-17H2,1-5H3. The first-order valence-corrected chi connectivity index (χ1v) is 12.3. The van der Waals surface area contributed by atoms with Gasteiger partial charge in [0, 0.05) is 24.2 Å². The molecule has 1 heterocycles. The summed E-state index contributed by atoms with van der Waals surface area (Å²) >= 11 is 0. The largest absolute Gasteiger partial charge is 0.269 e. The van der Waals surface area contributed by atoms with Crippen molar-refractivity contribution in [1.29, 1.82) is 0 Å². The number of nitro groups is 1. The Kier molecular flexibility index (Phi) is 6.31. The third-order valence-corrected chi connectivity index (χ3v) is 8.73. The molecule has 6 nitrogen and oxygen atoms in total. The fourth-order valence-corrected chi connectivity index (χ4v) is 6.56. The van der Waals surface area contributed by atoms with Crippen molar-refractivity contribution in [2.45, 2.75) is 75.6 Å². The fourth-order valence-electron chi connectivity index (χ4n) is 4.61. The average Bonchev–Trinajstić information content (AvgIpc) is 3.14. The normalized spacial score (nSPS) is 19.5. The maximum atomic E-state index is 13.6. The Hall–Kier alpha value is -2.25. The number of sulfonamides is 1. The molecule has 0 aliphatic carbocycles. The Morgan fingerprint density at radius 1 is 1.03 bits per heavy atom. The van der Waals surface area contributed by atoms with E-state index in [2.05, 4.69) is 45.0 Å². The minimum absolute atomic E-state index is 0.0656. The van der Waals surface area contributed by atoms with Gasteiger partial charge in [-0.2, -0.15) is 4.31 Å². The van der Waals surface area contributed by atoms with E-state index in [0.717, 1.165) is 12.0 Å². The van der Waals surface area contributed by atoms with Crippen LogP contribution in [0.4, 0.5) is 5.69 Å². The van der Waals surface area contributed by atoms with Gasteiger partial charge in [0.05, 0.1) is 9.82 Å². The van der Waals surface area contributed by atoms with E-state index < -0.39 is 20.5 Å². The lowest BCUT2D eigenvalue weighted by Crippen LogP contribution is -2.46. The molecule has 168 valence electrons. The van der Waals surface area contributed by atoms with Crippen LogP contribution in [0.5, 0.6) is 0 Å². The Labute approximate surface area is 185 Å². The summed E-state index contributed by atoms with van der Waals surface area (Å²) in [4.78, 5) is 10.5. The molecule has 1 fully saturated rings. The van der Waals surface area contributed by atoms with Crippen LogP contribution in [0.2, 0.25) is 0 Å². The second-order valence-corrected chi connectivity index (χ2v) is 11.4. The highest BCUT2D eigenvalue weighted by Crippen LogP contribution is 2.46. The van der Waals surface area contributed by atoms with Crippen molar-refractivity contribution in [1.82, 2.24) is 4.31 Å². The van der Waals surface area contributed by atoms with E-state index in [0.29, 0.717) is 19.4 Å². The van der Waals surface area contributed by atoms with Crippen LogP contribution in [0.1, 0.15) is 70.9 Å². The average molecular weight is 445 g/mol. The second kappa shape index (κ2) is 8.36. The number of hydrogen-bond donors (Lipinski definition) is 0. The Morgan fingerprint density at radius 3 is 2.03 bits per heavy atom. The molecule has 7 heteroatoms. The summed E-state index contributed by atoms with van der Waals surface area (Å²) in [6.45, 7) is 11.0. The topological polar surface area (TPSA) is 80.5 Å². The fraction of sp³-hybridized carbons (Fsp3) is 0.500. The molecule has 1 aliphatic heterocycles. The van der Waals surface area contributed by atoms with Crippen LogP contribution in [0.25, 0.3) is 0 Å². The molecule has 0 spiro atoms. The molecule has 0 bridgehead atoms. The van der Waals surface area contributed by atoms with Gasteiger partial charge >= 0.3 is 0 Å². The SMILES string of the molecule is CCC1(CC)CC(c2ccc(C(C)(C)C)cc2)CN1S(=O)(=O)c1ccc([N+](=O)[O-])cc1. The molecule has 1 aliphatic rings. The van der Waals surface area contributed by atoms with Crippen molar-refractivity contribution < 1.29 is 13.3 Å². The number of benzene rings is 2. The highest BCUT2D eigenvalue weighted by molar-refractivity contribution is 7.89. The summed E-state index contributed by atoms with van der Waals surface area (Å²) in [6, 6.07) is 13.7. The van der Waals surface area contributed by atoms with Gasteiger partial charge in [-0.15, -0.1) is 0 Å². The first-order chi connectivity index (χ1) is 14.4. The molecule has 0 amide bonds. The van der Waals surface area contributed by atoms with Crippen molar-refractivity contribution >= 4 is 15.7 Å². The van der Waals surface area contributed by atoms with Gasteiger partial charge in [-0.05, 0) is 53.9 Å². The van der Waals surface area contributed by atoms with E-state index in [4.69, 9.17) is 0 Å². The van der Waals surface area contributed by atoms with Crippen molar-refractivity contribution in [2.75, 3.05) is 6.54 Å². The molecular weight excluding hydrogens is 412 g/mol. The van der Waals surface area contributed by atoms with Crippen LogP contribution >= 0.6 is 0 Å². The quantitative estimate of drug-likeness (QED) is 0.427. The van der Waals surface area contributed by atoms with E-state index in [1.54, 1.807) is 4.31 Å². The molecule has 3 rings (SSSR count). The number of nitro benzene ring substituents is 1. The molecule has 0 saturated carbocycles. The molecule has 2 aromatic carbocycles. The summed E-state index contributed by atoms with van der Waals surface area (Å²) in [6.07, 6.45) is 2.19. The Morgan fingerprint density at radius 2 is 1.58 bits per heavy atom. The smallest absolute Gasteiger partial charge is 0.258 e. The van der Waals surface area contributed by atoms with Gasteiger partial charge in [0.2, 0.25) is 10.0 Å². The van der Waals surface area contributed by atoms with E-state index in [1.807, 2.05) is 13.8 Å². The molecule has 2 aromatic rings. The van der Waals surface area contributed by atoms with E-state index in [9.17, 15) is 18.5 Å². The first-order valence-electron chi connectivity index (χ1n) is 10.8. The maximum absolute atomic E-state index is 13.6. The lowest BCUT2D eigenvalue weighted by molar-refractivity contribution is -0.384. The molecular formula is C24H32N2O4S. The predicted molar refractivity (Wildman–Crippen MR) is 123 cm³/mol. The minimum atomic E-state index is -3.77. The molecule has 1 atom stereocenters. The van der Waals surface area contributed by atoms with Gasteiger partial charge < -0.3 is 0 Å². The number of hydrogen-bond acceptors (Lipinski definition) is 4. The van der Waals surface area contributed by atoms with Crippen LogP contribution in [0.15, 0.2) is 53.4 Å². The summed E-state index contributed by atoms with van der Waals surface area (Å²) < 4.78 is 28.8. The van der Waals surface area contributed by atoms with Crippen molar-refractivity contribution in [3.63, 3.8) is 0 Å². The Balaban J connectivity index is 1.96. The monoisotopic (exact) mass is 444 g/mol. The zero-order valence-electron chi connectivity index (χ0n) is 19.0. The summed E-state index contributed by atoms with van der Waals surface area (Å²) in [5.41, 5.74) is 1.89. The van der Waals surface area contributed by atoms with E-state index >= 15 is 0 Å². The van der Waals surface area contributed by atoms with E-state index in [1.165, 1.54) is 29.8 Å². The molecule has 0 aromatic heterocycles. The minimum Gasteiger partial charge on any atom is -0.258 e. The van der Waals surface area contributed by atoms with Crippen molar-refractivity contribution in [3.05, 3.63) is 69.8 Å². The molecule has 1 saturated heterocycles. The molecule has 31 heavy (non-hydrogen) atoms. The zero-order chi connectivity index (χ0) is 23.0. The highest BCUT2D eigenvalue weighted by Gasteiger charge is 2.49. The number of non-ortho nitro benzene ring substituents is 1. The van der Waals surface area contributed by atoms with Crippen LogP contribution in [-0.2, 0) is 15.4 Å². The van der Waals surface area contributed by atoms with Gasteiger partial charge in [0.1, 0.15) is 0 Å². The maximum Gasteiger partial charge on any atom is 0.269 e.